The fourth-order valence-electron chi connectivity index (χ4n) is 4.93. The molecule has 2 amide bonds. The van der Waals surface area contributed by atoms with Gasteiger partial charge in [-0.1, -0.05) is 11.3 Å². The van der Waals surface area contributed by atoms with Crippen LogP contribution >= 0.6 is 0 Å². The maximum absolute atomic E-state index is 12.6. The van der Waals surface area contributed by atoms with Crippen molar-refractivity contribution >= 4 is 18.1 Å². The summed E-state index contributed by atoms with van der Waals surface area (Å²) >= 11 is 0. The number of aromatic nitrogens is 4. The second kappa shape index (κ2) is 13.0. The number of benzene rings is 1. The maximum atomic E-state index is 12.6. The molecule has 1 aromatic carbocycles. The molecule has 1 saturated heterocycles. The SMILES string of the molecule is Cc1cc(C)cc(Oc2ccnc(-c3c(C)nnn3C3CCN(/C(=N\C(=O)OC(C)(C)C)NC(=O)OC(C)(C)C)CC3)c2)c1. The number of carbonyl (C=O) groups is 2. The van der Waals surface area contributed by atoms with E-state index in [4.69, 9.17) is 14.2 Å². The van der Waals surface area contributed by atoms with E-state index in [9.17, 15) is 9.59 Å². The minimum atomic E-state index is -0.797. The van der Waals surface area contributed by atoms with E-state index in [2.05, 4.69) is 31.7 Å². The van der Waals surface area contributed by atoms with E-state index in [1.165, 1.54) is 0 Å². The van der Waals surface area contributed by atoms with Gasteiger partial charge in [-0.25, -0.2) is 14.3 Å². The van der Waals surface area contributed by atoms with Crippen molar-refractivity contribution in [3.8, 4) is 22.9 Å². The number of amides is 2. The van der Waals surface area contributed by atoms with Crippen LogP contribution in [-0.2, 0) is 9.47 Å². The van der Waals surface area contributed by atoms with Gasteiger partial charge in [0.2, 0.25) is 5.96 Å². The number of carbonyl (C=O) groups excluding carboxylic acids is 2. The Bertz CT molecular complexity index is 1510. The zero-order chi connectivity index (χ0) is 32.2. The number of nitrogens with zero attached hydrogens (tertiary/aromatic N) is 6. The monoisotopic (exact) mass is 605 g/mol. The Labute approximate surface area is 258 Å². The zero-order valence-corrected chi connectivity index (χ0v) is 27.1. The average Bonchev–Trinajstić information content (AvgIpc) is 3.27. The van der Waals surface area contributed by atoms with Gasteiger partial charge >= 0.3 is 12.2 Å². The van der Waals surface area contributed by atoms with Crippen LogP contribution < -0.4 is 10.1 Å². The molecule has 12 nitrogen and oxygen atoms in total. The van der Waals surface area contributed by atoms with Gasteiger partial charge in [0.15, 0.2) is 0 Å². The summed E-state index contributed by atoms with van der Waals surface area (Å²) in [6.45, 7) is 17.5. The molecule has 0 aliphatic carbocycles. The molecule has 0 unspecified atom stereocenters. The van der Waals surface area contributed by atoms with Gasteiger partial charge in [-0.2, -0.15) is 0 Å². The number of likely N-dealkylation sites (tertiary alicyclic amines) is 1. The number of ether oxygens (including phenoxy) is 3. The zero-order valence-electron chi connectivity index (χ0n) is 27.1. The summed E-state index contributed by atoms with van der Waals surface area (Å²) < 4.78 is 18.9. The molecule has 0 bridgehead atoms. The summed E-state index contributed by atoms with van der Waals surface area (Å²) in [6, 6.07) is 9.81. The van der Waals surface area contributed by atoms with E-state index in [1.54, 1.807) is 47.7 Å². The lowest BCUT2D eigenvalue weighted by atomic mass is 10.0. The first-order valence-corrected chi connectivity index (χ1v) is 14.8. The molecule has 4 rings (SSSR count). The normalized spacial score (nSPS) is 14.8. The minimum Gasteiger partial charge on any atom is -0.457 e. The summed E-state index contributed by atoms with van der Waals surface area (Å²) in [4.78, 5) is 35.7. The van der Waals surface area contributed by atoms with Crippen molar-refractivity contribution in [2.24, 2.45) is 4.99 Å². The number of pyridine rings is 1. The van der Waals surface area contributed by atoms with E-state index in [-0.39, 0.29) is 12.0 Å². The second-order valence-electron chi connectivity index (χ2n) is 13.0. The number of hydrogen-bond acceptors (Lipinski definition) is 8. The summed E-state index contributed by atoms with van der Waals surface area (Å²) in [5.41, 5.74) is 3.06. The van der Waals surface area contributed by atoms with Crippen molar-refractivity contribution in [3.05, 3.63) is 53.3 Å². The van der Waals surface area contributed by atoms with Gasteiger partial charge in [-0.05, 0) is 104 Å². The molecule has 0 saturated carbocycles. The van der Waals surface area contributed by atoms with Gasteiger partial charge in [0.05, 0.1) is 17.4 Å². The number of hydrogen-bond donors (Lipinski definition) is 1. The molecule has 0 atom stereocenters. The van der Waals surface area contributed by atoms with Crippen LogP contribution in [0.1, 0.15) is 77.2 Å². The Hall–Kier alpha value is -4.48. The number of alkyl carbamates (subject to hydrolysis) is 1. The first-order valence-electron chi connectivity index (χ1n) is 14.8. The molecule has 1 aliphatic heterocycles. The number of nitrogens with one attached hydrogen (secondary N) is 1. The lowest BCUT2D eigenvalue weighted by molar-refractivity contribution is 0.0552. The van der Waals surface area contributed by atoms with Crippen LogP contribution in [-0.4, -0.2) is 67.3 Å². The number of aryl methyl sites for hydroxylation is 3. The standard InChI is InChI=1S/C32H43N7O5/c1-20-16-21(2)18-25(17-20)42-24-10-13-33-26(19-24)27-22(3)36-37-39(27)23-11-14-38(15-12-23)28(34-29(40)43-31(4,5)6)35-30(41)44-32(7,8)9/h10,13,16-19,23H,11-12,14-15H2,1-9H3,(H,34,35,40,41). The third kappa shape index (κ3) is 9.01. The Kier molecular flexibility index (Phi) is 9.60. The molecule has 1 fully saturated rings. The van der Waals surface area contributed by atoms with Gasteiger partial charge < -0.3 is 19.1 Å². The van der Waals surface area contributed by atoms with Gasteiger partial charge in [-0.3, -0.25) is 10.3 Å². The Morgan fingerprint density at radius 2 is 1.55 bits per heavy atom. The van der Waals surface area contributed by atoms with Crippen molar-refractivity contribution in [1.82, 2.24) is 30.2 Å². The van der Waals surface area contributed by atoms with Gasteiger partial charge in [0.1, 0.15) is 28.4 Å². The highest BCUT2D eigenvalue weighted by Gasteiger charge is 2.29. The van der Waals surface area contributed by atoms with E-state index in [1.807, 2.05) is 54.6 Å². The highest BCUT2D eigenvalue weighted by atomic mass is 16.6. The molecular weight excluding hydrogens is 562 g/mol. The number of rotatable bonds is 4. The van der Waals surface area contributed by atoms with Crippen LogP contribution in [0.4, 0.5) is 9.59 Å². The van der Waals surface area contributed by atoms with Crippen molar-refractivity contribution in [2.45, 2.75) is 92.4 Å². The predicted molar refractivity (Wildman–Crippen MR) is 167 cm³/mol. The molecule has 1 aliphatic rings. The maximum Gasteiger partial charge on any atom is 0.437 e. The highest BCUT2D eigenvalue weighted by Crippen LogP contribution is 2.32. The fraction of sp³-hybridized carbons (Fsp3) is 0.500. The van der Waals surface area contributed by atoms with Crippen LogP contribution in [0.25, 0.3) is 11.4 Å². The van der Waals surface area contributed by atoms with Crippen molar-refractivity contribution in [1.29, 1.82) is 0 Å². The Balaban J connectivity index is 1.52. The quantitative estimate of drug-likeness (QED) is 0.261. The smallest absolute Gasteiger partial charge is 0.437 e. The highest BCUT2D eigenvalue weighted by molar-refractivity contribution is 5.99. The molecule has 12 heteroatoms. The third-order valence-electron chi connectivity index (χ3n) is 6.58. The second-order valence-corrected chi connectivity index (χ2v) is 13.0. The average molecular weight is 606 g/mol. The van der Waals surface area contributed by atoms with E-state index >= 15 is 0 Å². The molecule has 0 spiro atoms. The fourth-order valence-corrected chi connectivity index (χ4v) is 4.93. The Morgan fingerprint density at radius 3 is 2.16 bits per heavy atom. The van der Waals surface area contributed by atoms with Crippen molar-refractivity contribution in [2.75, 3.05) is 13.1 Å². The van der Waals surface area contributed by atoms with Gasteiger partial charge in [-0.15, -0.1) is 10.1 Å². The first-order chi connectivity index (χ1) is 20.6. The van der Waals surface area contributed by atoms with E-state index < -0.39 is 23.4 Å². The molecule has 3 heterocycles. The van der Waals surface area contributed by atoms with E-state index in [0.717, 1.165) is 28.3 Å². The van der Waals surface area contributed by atoms with Crippen LogP contribution in [0.5, 0.6) is 11.5 Å². The number of aliphatic imine (C=N–C) groups is 1. The molecule has 3 aromatic rings. The summed E-state index contributed by atoms with van der Waals surface area (Å²) in [6.07, 6.45) is 1.52. The minimum absolute atomic E-state index is 0.00227. The largest absolute Gasteiger partial charge is 0.457 e. The molecule has 0 radical (unpaired) electrons. The molecule has 2 aromatic heterocycles. The first kappa shape index (κ1) is 32.4. The number of piperidine rings is 1. The van der Waals surface area contributed by atoms with Crippen molar-refractivity contribution < 1.29 is 23.8 Å². The van der Waals surface area contributed by atoms with Crippen LogP contribution in [0.2, 0.25) is 0 Å². The van der Waals surface area contributed by atoms with Gasteiger partial charge in [0, 0.05) is 25.4 Å². The van der Waals surface area contributed by atoms with Crippen molar-refractivity contribution in [3.63, 3.8) is 0 Å². The lowest BCUT2D eigenvalue weighted by Gasteiger charge is -2.34. The van der Waals surface area contributed by atoms with Gasteiger partial charge in [0.25, 0.3) is 0 Å². The van der Waals surface area contributed by atoms with Crippen LogP contribution in [0.3, 0.4) is 0 Å². The van der Waals surface area contributed by atoms with E-state index in [0.29, 0.717) is 37.4 Å². The topological polar surface area (TPSA) is 133 Å². The summed E-state index contributed by atoms with van der Waals surface area (Å²) in [7, 11) is 0. The molecular formula is C32H43N7O5. The third-order valence-corrected chi connectivity index (χ3v) is 6.58. The summed E-state index contributed by atoms with van der Waals surface area (Å²) in [5, 5.41) is 11.5. The predicted octanol–water partition coefficient (Wildman–Crippen LogP) is 6.51. The molecule has 236 valence electrons. The lowest BCUT2D eigenvalue weighted by Crippen LogP contribution is -2.49. The summed E-state index contributed by atoms with van der Waals surface area (Å²) in [5.74, 6) is 1.51. The molecule has 44 heavy (non-hydrogen) atoms. The molecule has 1 N–H and O–H groups in total. The van der Waals surface area contributed by atoms with Crippen LogP contribution in [0.15, 0.2) is 41.5 Å². The number of guanidine groups is 1. The van der Waals surface area contributed by atoms with Crippen LogP contribution in [0, 0.1) is 20.8 Å². The Morgan fingerprint density at radius 1 is 0.909 bits per heavy atom.